The van der Waals surface area contributed by atoms with Crippen molar-refractivity contribution >= 4 is 34.1 Å². The lowest BCUT2D eigenvalue weighted by atomic mass is 10.1. The van der Waals surface area contributed by atoms with E-state index in [1.165, 1.54) is 12.1 Å². The van der Waals surface area contributed by atoms with Crippen molar-refractivity contribution in [1.29, 1.82) is 0 Å². The number of amides is 1. The van der Waals surface area contributed by atoms with Crippen LogP contribution in [0.1, 0.15) is 35.0 Å². The SMILES string of the molecule is CN(C)c1ccc([N+](=O)[O-])cc1C(=O)Nc1ccc2oc(C3CC3)nc2c1. The summed E-state index contributed by atoms with van der Waals surface area (Å²) in [4.78, 5) is 29.5. The molecule has 1 N–H and O–H groups in total. The first-order chi connectivity index (χ1) is 12.9. The number of carbonyl (C=O) groups excluding carboxylic acids is 1. The number of oxazole rings is 1. The molecule has 0 aliphatic heterocycles. The van der Waals surface area contributed by atoms with Crippen LogP contribution >= 0.6 is 0 Å². The fraction of sp³-hybridized carbons (Fsp3) is 0.263. The van der Waals surface area contributed by atoms with Gasteiger partial charge in [0.1, 0.15) is 5.52 Å². The van der Waals surface area contributed by atoms with Crippen LogP contribution in [0.2, 0.25) is 0 Å². The summed E-state index contributed by atoms with van der Waals surface area (Å²) in [6.45, 7) is 0. The van der Waals surface area contributed by atoms with Crippen LogP contribution in [-0.4, -0.2) is 29.9 Å². The maximum Gasteiger partial charge on any atom is 0.270 e. The third-order valence-corrected chi connectivity index (χ3v) is 4.51. The average molecular weight is 366 g/mol. The number of hydrogen-bond donors (Lipinski definition) is 1. The Kier molecular flexibility index (Phi) is 4.02. The van der Waals surface area contributed by atoms with Crippen LogP contribution in [0, 0.1) is 10.1 Å². The molecule has 1 saturated carbocycles. The van der Waals surface area contributed by atoms with Gasteiger partial charge in [0.2, 0.25) is 0 Å². The van der Waals surface area contributed by atoms with Crippen molar-refractivity contribution in [2.75, 3.05) is 24.3 Å². The molecule has 3 aromatic rings. The topological polar surface area (TPSA) is 102 Å². The second kappa shape index (κ2) is 6.39. The maximum absolute atomic E-state index is 12.8. The molecule has 1 aliphatic rings. The molecule has 0 bridgehead atoms. The van der Waals surface area contributed by atoms with E-state index < -0.39 is 10.8 Å². The number of rotatable bonds is 5. The van der Waals surface area contributed by atoms with Crippen molar-refractivity contribution in [3.05, 3.63) is 58.0 Å². The van der Waals surface area contributed by atoms with E-state index >= 15 is 0 Å². The number of nitro groups is 1. The molecule has 1 fully saturated rings. The minimum atomic E-state index is -0.517. The molecule has 8 heteroatoms. The summed E-state index contributed by atoms with van der Waals surface area (Å²) in [5.41, 5.74) is 2.61. The van der Waals surface area contributed by atoms with Gasteiger partial charge in [0.25, 0.3) is 11.6 Å². The lowest BCUT2D eigenvalue weighted by Crippen LogP contribution is -2.18. The third kappa shape index (κ3) is 3.33. The molecule has 0 radical (unpaired) electrons. The molecule has 2 aromatic carbocycles. The Bertz CT molecular complexity index is 1050. The van der Waals surface area contributed by atoms with Crippen molar-refractivity contribution in [3.8, 4) is 0 Å². The number of benzene rings is 2. The van der Waals surface area contributed by atoms with Gasteiger partial charge >= 0.3 is 0 Å². The number of anilines is 2. The molecule has 27 heavy (non-hydrogen) atoms. The molecule has 1 amide bonds. The number of nitrogens with one attached hydrogen (secondary N) is 1. The number of nitro benzene ring substituents is 1. The molecule has 8 nitrogen and oxygen atoms in total. The van der Waals surface area contributed by atoms with E-state index in [0.29, 0.717) is 28.4 Å². The van der Waals surface area contributed by atoms with E-state index in [-0.39, 0.29) is 11.3 Å². The molecular weight excluding hydrogens is 348 g/mol. The number of nitrogens with zero attached hydrogens (tertiary/aromatic N) is 3. The third-order valence-electron chi connectivity index (χ3n) is 4.51. The van der Waals surface area contributed by atoms with Crippen molar-refractivity contribution < 1.29 is 14.1 Å². The lowest BCUT2D eigenvalue weighted by molar-refractivity contribution is -0.384. The molecule has 4 rings (SSSR count). The molecule has 0 unspecified atom stereocenters. The first kappa shape index (κ1) is 17.0. The van der Waals surface area contributed by atoms with Gasteiger partial charge < -0.3 is 14.6 Å². The van der Waals surface area contributed by atoms with Crippen molar-refractivity contribution in [2.45, 2.75) is 18.8 Å². The fourth-order valence-electron chi connectivity index (χ4n) is 2.94. The van der Waals surface area contributed by atoms with E-state index in [0.717, 1.165) is 18.7 Å². The summed E-state index contributed by atoms with van der Waals surface area (Å²) in [5.74, 6) is 0.720. The van der Waals surface area contributed by atoms with Crippen LogP contribution in [0.4, 0.5) is 17.1 Å². The minimum absolute atomic E-state index is 0.133. The van der Waals surface area contributed by atoms with E-state index in [1.807, 2.05) is 0 Å². The highest BCUT2D eigenvalue weighted by Crippen LogP contribution is 2.40. The zero-order valence-electron chi connectivity index (χ0n) is 14.9. The van der Waals surface area contributed by atoms with Crippen LogP contribution in [0.5, 0.6) is 0 Å². The molecule has 1 aliphatic carbocycles. The Morgan fingerprint density at radius 3 is 2.70 bits per heavy atom. The van der Waals surface area contributed by atoms with Gasteiger partial charge in [-0.2, -0.15) is 0 Å². The number of hydrogen-bond acceptors (Lipinski definition) is 6. The van der Waals surface area contributed by atoms with E-state index in [4.69, 9.17) is 4.42 Å². The van der Waals surface area contributed by atoms with Crippen LogP contribution in [0.15, 0.2) is 40.8 Å². The molecule has 1 aromatic heterocycles. The van der Waals surface area contributed by atoms with Crippen LogP contribution in [-0.2, 0) is 0 Å². The van der Waals surface area contributed by atoms with Gasteiger partial charge in [-0.05, 0) is 37.1 Å². The largest absolute Gasteiger partial charge is 0.440 e. The second-order valence-corrected chi connectivity index (χ2v) is 6.82. The predicted octanol–water partition coefficient (Wildman–Crippen LogP) is 3.93. The summed E-state index contributed by atoms with van der Waals surface area (Å²) in [7, 11) is 3.55. The van der Waals surface area contributed by atoms with Gasteiger partial charge in [-0.25, -0.2) is 4.98 Å². The van der Waals surface area contributed by atoms with Crippen molar-refractivity contribution in [1.82, 2.24) is 4.98 Å². The van der Waals surface area contributed by atoms with E-state index in [2.05, 4.69) is 10.3 Å². The minimum Gasteiger partial charge on any atom is -0.440 e. The molecular formula is C19H18N4O4. The monoisotopic (exact) mass is 366 g/mol. The zero-order chi connectivity index (χ0) is 19.1. The summed E-state index contributed by atoms with van der Waals surface area (Å²) in [5, 5.41) is 13.9. The quantitative estimate of drug-likeness (QED) is 0.542. The summed E-state index contributed by atoms with van der Waals surface area (Å²) in [6, 6.07) is 9.47. The summed E-state index contributed by atoms with van der Waals surface area (Å²) < 4.78 is 5.72. The van der Waals surface area contributed by atoms with Crippen LogP contribution in [0.25, 0.3) is 11.1 Å². The first-order valence-electron chi connectivity index (χ1n) is 8.60. The molecule has 1 heterocycles. The molecule has 0 saturated heterocycles. The van der Waals surface area contributed by atoms with Crippen molar-refractivity contribution in [3.63, 3.8) is 0 Å². The number of non-ortho nitro benzene ring substituents is 1. The Morgan fingerprint density at radius 2 is 2.04 bits per heavy atom. The van der Waals surface area contributed by atoms with Gasteiger partial charge in [-0.3, -0.25) is 14.9 Å². The fourth-order valence-corrected chi connectivity index (χ4v) is 2.94. The number of aromatic nitrogens is 1. The Balaban J connectivity index is 1.64. The molecule has 0 spiro atoms. The number of carbonyl (C=O) groups is 1. The average Bonchev–Trinajstić information content (AvgIpc) is 3.40. The zero-order valence-corrected chi connectivity index (χ0v) is 14.9. The van der Waals surface area contributed by atoms with Crippen molar-refractivity contribution in [2.24, 2.45) is 0 Å². The Labute approximate surface area is 154 Å². The second-order valence-electron chi connectivity index (χ2n) is 6.82. The Morgan fingerprint density at radius 1 is 1.26 bits per heavy atom. The maximum atomic E-state index is 12.8. The van der Waals surface area contributed by atoms with Crippen LogP contribution < -0.4 is 10.2 Å². The highest BCUT2D eigenvalue weighted by Gasteiger charge is 2.29. The van der Waals surface area contributed by atoms with Gasteiger partial charge in [0.05, 0.1) is 10.5 Å². The van der Waals surface area contributed by atoms with Gasteiger partial charge in [-0.15, -0.1) is 0 Å². The molecule has 0 atom stereocenters. The lowest BCUT2D eigenvalue weighted by Gasteiger charge is -2.17. The summed E-state index contributed by atoms with van der Waals surface area (Å²) in [6.07, 6.45) is 2.19. The van der Waals surface area contributed by atoms with Crippen LogP contribution in [0.3, 0.4) is 0 Å². The van der Waals surface area contributed by atoms with Gasteiger partial charge in [0, 0.05) is 43.5 Å². The Hall–Kier alpha value is -3.42. The van der Waals surface area contributed by atoms with E-state index in [9.17, 15) is 14.9 Å². The summed E-state index contributed by atoms with van der Waals surface area (Å²) >= 11 is 0. The molecule has 138 valence electrons. The smallest absolute Gasteiger partial charge is 0.270 e. The van der Waals surface area contributed by atoms with E-state index in [1.54, 1.807) is 43.3 Å². The first-order valence-corrected chi connectivity index (χ1v) is 8.60. The van der Waals surface area contributed by atoms with Gasteiger partial charge in [0.15, 0.2) is 11.5 Å². The normalized spacial score (nSPS) is 13.6. The standard InChI is InChI=1S/C19H18N4O4/c1-22(2)16-7-6-13(23(25)26)10-14(16)18(24)20-12-5-8-17-15(9-12)21-19(27-17)11-3-4-11/h5-11H,3-4H2,1-2H3,(H,20,24). The highest BCUT2D eigenvalue weighted by molar-refractivity contribution is 6.09. The number of fused-ring (bicyclic) bond motifs is 1. The highest BCUT2D eigenvalue weighted by atomic mass is 16.6. The van der Waals surface area contributed by atoms with Gasteiger partial charge in [-0.1, -0.05) is 0 Å². The predicted molar refractivity (Wildman–Crippen MR) is 101 cm³/mol.